The highest BCUT2D eigenvalue weighted by Gasteiger charge is 2.10. The molecular formula is C15H15N5O2. The quantitative estimate of drug-likeness (QED) is 0.784. The number of carbonyl (C=O) groups excluding carboxylic acids is 1. The van der Waals surface area contributed by atoms with Crippen LogP contribution >= 0.6 is 0 Å². The van der Waals surface area contributed by atoms with Crippen molar-refractivity contribution in [2.75, 3.05) is 5.32 Å². The molecule has 22 heavy (non-hydrogen) atoms. The van der Waals surface area contributed by atoms with E-state index in [1.807, 2.05) is 31.2 Å². The molecule has 1 aromatic carbocycles. The van der Waals surface area contributed by atoms with Gasteiger partial charge in [-0.05, 0) is 19.1 Å². The maximum absolute atomic E-state index is 12.3. The Hall–Kier alpha value is -2.96. The van der Waals surface area contributed by atoms with Crippen LogP contribution in [0.5, 0.6) is 0 Å². The molecule has 0 spiro atoms. The van der Waals surface area contributed by atoms with Crippen molar-refractivity contribution < 1.29 is 4.79 Å². The van der Waals surface area contributed by atoms with Gasteiger partial charge in [-0.3, -0.25) is 18.8 Å². The maximum Gasteiger partial charge on any atom is 0.264 e. The average Bonchev–Trinajstić information content (AvgIpc) is 2.87. The number of hydrogen-bond donors (Lipinski definition) is 1. The van der Waals surface area contributed by atoms with Crippen LogP contribution in [-0.4, -0.2) is 25.2 Å². The molecule has 7 nitrogen and oxygen atoms in total. The molecule has 0 saturated carbocycles. The summed E-state index contributed by atoms with van der Waals surface area (Å²) in [6.07, 6.45) is 2.82. The molecule has 0 aliphatic heterocycles. The van der Waals surface area contributed by atoms with Gasteiger partial charge in [0.2, 0.25) is 5.91 Å². The summed E-state index contributed by atoms with van der Waals surface area (Å²) in [4.78, 5) is 28.5. The van der Waals surface area contributed by atoms with Crippen molar-refractivity contribution in [2.45, 2.75) is 13.5 Å². The molecule has 3 rings (SSSR count). The van der Waals surface area contributed by atoms with E-state index in [9.17, 15) is 9.59 Å². The van der Waals surface area contributed by atoms with Gasteiger partial charge in [-0.1, -0.05) is 17.7 Å². The number of rotatable bonds is 3. The summed E-state index contributed by atoms with van der Waals surface area (Å²) in [5, 5.41) is 7.14. The molecule has 0 aliphatic carbocycles. The number of anilines is 1. The molecule has 0 unspecified atom stereocenters. The van der Waals surface area contributed by atoms with E-state index in [1.165, 1.54) is 21.8 Å². The van der Waals surface area contributed by atoms with Crippen molar-refractivity contribution in [3.8, 4) is 0 Å². The van der Waals surface area contributed by atoms with Crippen LogP contribution in [0.25, 0.3) is 11.0 Å². The first-order valence-electron chi connectivity index (χ1n) is 6.78. The van der Waals surface area contributed by atoms with Crippen molar-refractivity contribution in [3.05, 3.63) is 52.7 Å². The second-order valence-electron chi connectivity index (χ2n) is 5.10. The van der Waals surface area contributed by atoms with Gasteiger partial charge in [0.05, 0.1) is 6.20 Å². The van der Waals surface area contributed by atoms with Crippen LogP contribution < -0.4 is 10.9 Å². The summed E-state index contributed by atoms with van der Waals surface area (Å²) in [7, 11) is 1.71. The van der Waals surface area contributed by atoms with Crippen LogP contribution in [0.15, 0.2) is 41.6 Å². The van der Waals surface area contributed by atoms with Crippen LogP contribution in [0.3, 0.4) is 0 Å². The van der Waals surface area contributed by atoms with Crippen molar-refractivity contribution in [1.29, 1.82) is 0 Å². The third-order valence-corrected chi connectivity index (χ3v) is 3.37. The summed E-state index contributed by atoms with van der Waals surface area (Å²) >= 11 is 0. The first-order chi connectivity index (χ1) is 10.5. The smallest absolute Gasteiger partial charge is 0.264 e. The second-order valence-corrected chi connectivity index (χ2v) is 5.10. The van der Waals surface area contributed by atoms with Crippen molar-refractivity contribution in [1.82, 2.24) is 19.3 Å². The lowest BCUT2D eigenvalue weighted by Crippen LogP contribution is -2.27. The Morgan fingerprint density at radius 2 is 2.00 bits per heavy atom. The van der Waals surface area contributed by atoms with Gasteiger partial charge in [0.1, 0.15) is 18.3 Å². The van der Waals surface area contributed by atoms with Gasteiger partial charge in [-0.25, -0.2) is 4.98 Å². The fourth-order valence-electron chi connectivity index (χ4n) is 2.17. The number of benzene rings is 1. The maximum atomic E-state index is 12.3. The zero-order valence-electron chi connectivity index (χ0n) is 12.3. The van der Waals surface area contributed by atoms with Gasteiger partial charge in [0.25, 0.3) is 5.56 Å². The molecule has 0 aliphatic rings. The molecule has 7 heteroatoms. The highest BCUT2D eigenvalue weighted by atomic mass is 16.2. The molecule has 0 fully saturated rings. The van der Waals surface area contributed by atoms with Gasteiger partial charge in [-0.2, -0.15) is 5.10 Å². The lowest BCUT2D eigenvalue weighted by molar-refractivity contribution is -0.116. The highest BCUT2D eigenvalue weighted by Crippen LogP contribution is 2.08. The van der Waals surface area contributed by atoms with Gasteiger partial charge >= 0.3 is 0 Å². The Morgan fingerprint density at radius 1 is 1.27 bits per heavy atom. The topological polar surface area (TPSA) is 81.8 Å². The van der Waals surface area contributed by atoms with Crippen LogP contribution in [0.2, 0.25) is 0 Å². The second kappa shape index (κ2) is 5.44. The standard InChI is InChI=1S/C15H15N5O2/c1-10-3-5-11(6-4-10)18-13(21)8-20-9-16-14-12(15(20)22)7-17-19(14)2/h3-7,9H,8H2,1-2H3,(H,18,21). The van der Waals surface area contributed by atoms with Crippen LogP contribution in [0.1, 0.15) is 5.56 Å². The van der Waals surface area contributed by atoms with E-state index >= 15 is 0 Å². The van der Waals surface area contributed by atoms with E-state index in [0.29, 0.717) is 16.7 Å². The number of hydrogen-bond acceptors (Lipinski definition) is 4. The largest absolute Gasteiger partial charge is 0.325 e. The summed E-state index contributed by atoms with van der Waals surface area (Å²) in [6.45, 7) is 1.88. The minimum absolute atomic E-state index is 0.0927. The van der Waals surface area contributed by atoms with Gasteiger partial charge < -0.3 is 5.32 Å². The Balaban J connectivity index is 1.80. The van der Waals surface area contributed by atoms with E-state index in [0.717, 1.165) is 5.56 Å². The number of nitrogens with one attached hydrogen (secondary N) is 1. The number of aromatic nitrogens is 4. The Bertz CT molecular complexity index is 892. The molecular weight excluding hydrogens is 282 g/mol. The molecule has 3 aromatic rings. The predicted octanol–water partition coefficient (Wildman–Crippen LogP) is 1.08. The van der Waals surface area contributed by atoms with E-state index in [2.05, 4.69) is 15.4 Å². The SMILES string of the molecule is Cc1ccc(NC(=O)Cn2cnc3c(cnn3C)c2=O)cc1. The average molecular weight is 297 g/mol. The van der Waals surface area contributed by atoms with E-state index < -0.39 is 0 Å². The molecule has 0 radical (unpaired) electrons. The summed E-state index contributed by atoms with van der Waals surface area (Å²) in [5.74, 6) is -0.281. The number of carbonyl (C=O) groups is 1. The first kappa shape index (κ1) is 14.0. The lowest BCUT2D eigenvalue weighted by atomic mass is 10.2. The fraction of sp³-hybridized carbons (Fsp3) is 0.200. The number of nitrogens with zero attached hydrogens (tertiary/aromatic N) is 4. The van der Waals surface area contributed by atoms with Gasteiger partial charge in [-0.15, -0.1) is 0 Å². The summed E-state index contributed by atoms with van der Waals surface area (Å²) < 4.78 is 2.79. The highest BCUT2D eigenvalue weighted by molar-refractivity contribution is 5.90. The minimum Gasteiger partial charge on any atom is -0.325 e. The number of fused-ring (bicyclic) bond motifs is 1. The van der Waals surface area contributed by atoms with Gasteiger partial charge in [0.15, 0.2) is 5.65 Å². The first-order valence-corrected chi connectivity index (χ1v) is 6.78. The number of aryl methyl sites for hydroxylation is 2. The molecule has 0 saturated heterocycles. The normalized spacial score (nSPS) is 10.8. The van der Waals surface area contributed by atoms with E-state index in [1.54, 1.807) is 7.05 Å². The summed E-state index contributed by atoms with van der Waals surface area (Å²) in [6, 6.07) is 7.45. The zero-order chi connectivity index (χ0) is 15.7. The Morgan fingerprint density at radius 3 is 2.73 bits per heavy atom. The van der Waals surface area contributed by atoms with Gasteiger partial charge in [0, 0.05) is 12.7 Å². The monoisotopic (exact) mass is 297 g/mol. The molecule has 0 atom stereocenters. The van der Waals surface area contributed by atoms with Crippen molar-refractivity contribution in [3.63, 3.8) is 0 Å². The lowest BCUT2D eigenvalue weighted by Gasteiger charge is -2.07. The Labute approximate surface area is 126 Å². The Kier molecular flexibility index (Phi) is 3.46. The third-order valence-electron chi connectivity index (χ3n) is 3.37. The molecule has 112 valence electrons. The van der Waals surface area contributed by atoms with Crippen LogP contribution in [0.4, 0.5) is 5.69 Å². The van der Waals surface area contributed by atoms with Crippen molar-refractivity contribution >= 4 is 22.6 Å². The van der Waals surface area contributed by atoms with E-state index in [-0.39, 0.29) is 18.0 Å². The molecule has 1 amide bonds. The molecule has 2 aromatic heterocycles. The third kappa shape index (κ3) is 2.60. The zero-order valence-corrected chi connectivity index (χ0v) is 12.3. The van der Waals surface area contributed by atoms with E-state index in [4.69, 9.17) is 0 Å². The van der Waals surface area contributed by atoms with Crippen LogP contribution in [-0.2, 0) is 18.4 Å². The fourth-order valence-corrected chi connectivity index (χ4v) is 2.17. The predicted molar refractivity (Wildman–Crippen MR) is 82.6 cm³/mol. The molecule has 1 N–H and O–H groups in total. The molecule has 2 heterocycles. The van der Waals surface area contributed by atoms with Crippen molar-refractivity contribution in [2.24, 2.45) is 7.05 Å². The van der Waals surface area contributed by atoms with Crippen LogP contribution in [0, 0.1) is 6.92 Å². The number of amides is 1. The minimum atomic E-state index is -0.281. The summed E-state index contributed by atoms with van der Waals surface area (Å²) in [5.41, 5.74) is 2.02. The molecule has 0 bridgehead atoms.